The van der Waals surface area contributed by atoms with Crippen LogP contribution in [0.5, 0.6) is 0 Å². The third-order valence-corrected chi connectivity index (χ3v) is 6.55. The quantitative estimate of drug-likeness (QED) is 0.352. The minimum atomic E-state index is -0.0542. The molecule has 0 aliphatic carbocycles. The molecule has 178 valence electrons. The van der Waals surface area contributed by atoms with Crippen LogP contribution in [0.4, 0.5) is 0 Å². The summed E-state index contributed by atoms with van der Waals surface area (Å²) in [7, 11) is 0. The van der Waals surface area contributed by atoms with Crippen LogP contribution in [0.25, 0.3) is 11.4 Å². The molecule has 0 fully saturated rings. The van der Waals surface area contributed by atoms with Crippen LogP contribution >= 0.6 is 0 Å². The van der Waals surface area contributed by atoms with Crippen LogP contribution in [0.2, 0.25) is 0 Å². The van der Waals surface area contributed by atoms with Crippen molar-refractivity contribution >= 4 is 0 Å². The van der Waals surface area contributed by atoms with E-state index in [0.717, 1.165) is 0 Å². The predicted octanol–water partition coefficient (Wildman–Crippen LogP) is 7.94. The van der Waals surface area contributed by atoms with E-state index in [1.54, 1.807) is 0 Å². The summed E-state index contributed by atoms with van der Waals surface area (Å²) in [6, 6.07) is 13.5. The number of rotatable bonds is 6. The van der Waals surface area contributed by atoms with Crippen molar-refractivity contribution in [2.45, 2.75) is 105 Å². The van der Waals surface area contributed by atoms with E-state index in [4.69, 9.17) is 5.21 Å². The van der Waals surface area contributed by atoms with Crippen molar-refractivity contribution in [1.29, 1.82) is 0 Å². The zero-order valence-electron chi connectivity index (χ0n) is 22.7. The number of hydrogen-bond acceptors (Lipinski definition) is 1. The molecule has 0 unspecified atom stereocenters. The summed E-state index contributed by atoms with van der Waals surface area (Å²) in [5.74, 6) is 1.67. The van der Waals surface area contributed by atoms with Crippen molar-refractivity contribution in [3.63, 3.8) is 0 Å². The highest BCUT2D eigenvalue weighted by atomic mass is 15.5. The van der Waals surface area contributed by atoms with Crippen LogP contribution in [-0.4, -0.2) is 9.90 Å². The van der Waals surface area contributed by atoms with Crippen molar-refractivity contribution in [2.75, 3.05) is 0 Å². The van der Waals surface area contributed by atoms with Gasteiger partial charge in [-0.05, 0) is 23.7 Å². The summed E-state index contributed by atoms with van der Waals surface area (Å²) < 4.78 is 4.40. The van der Waals surface area contributed by atoms with E-state index < -0.39 is 0 Å². The summed E-state index contributed by atoms with van der Waals surface area (Å²) in [5, 5.41) is 5.32. The minimum absolute atomic E-state index is 0.0542. The molecule has 0 atom stereocenters. The van der Waals surface area contributed by atoms with E-state index in [-0.39, 0.29) is 5.41 Å². The first-order valence-corrected chi connectivity index (χ1v) is 12.6. The highest BCUT2D eigenvalue weighted by molar-refractivity contribution is 5.51. The highest BCUT2D eigenvalue weighted by Crippen LogP contribution is 2.33. The molecule has 0 saturated carbocycles. The lowest BCUT2D eigenvalue weighted by Gasteiger charge is -2.19. The van der Waals surface area contributed by atoms with Crippen molar-refractivity contribution in [3.05, 3.63) is 70.5 Å². The zero-order chi connectivity index (χ0) is 24.7. The van der Waals surface area contributed by atoms with E-state index in [2.05, 4.69) is 128 Å². The Kier molecular flexibility index (Phi) is 7.21. The first-order chi connectivity index (χ1) is 15.3. The smallest absolute Gasteiger partial charge is 0.101 e. The summed E-state index contributed by atoms with van der Waals surface area (Å²) in [6.07, 6.45) is 2.27. The fraction of sp³-hybridized carbons (Fsp3) is 0.533. The standard InChI is InChI=1S/C30H44N3/c1-19(2)23-14-12-15-24(20(3)4)28(23)32-18-27(30(9,10)11)33(31-32)29-25(21(5)6)16-13-17-26(29)22(7)8/h12-22H,1-11H3/q+1. The van der Waals surface area contributed by atoms with Gasteiger partial charge in [0.1, 0.15) is 5.21 Å². The molecule has 0 N–H and O–H groups in total. The Morgan fingerprint density at radius 2 is 1.06 bits per heavy atom. The maximum absolute atomic E-state index is 5.32. The lowest BCUT2D eigenvalue weighted by Crippen LogP contribution is -2.44. The van der Waals surface area contributed by atoms with Gasteiger partial charge >= 0.3 is 0 Å². The van der Waals surface area contributed by atoms with Crippen molar-refractivity contribution < 1.29 is 4.68 Å². The van der Waals surface area contributed by atoms with Gasteiger partial charge in [-0.25, -0.2) is 0 Å². The van der Waals surface area contributed by atoms with Gasteiger partial charge in [0.15, 0.2) is 23.3 Å². The number of para-hydroxylation sites is 2. The average Bonchev–Trinajstić information content (AvgIpc) is 3.17. The van der Waals surface area contributed by atoms with Crippen LogP contribution in [0.1, 0.15) is 128 Å². The first kappa shape index (κ1) is 25.2. The molecule has 3 aromatic rings. The monoisotopic (exact) mass is 446 g/mol. The Morgan fingerprint density at radius 3 is 1.42 bits per heavy atom. The van der Waals surface area contributed by atoms with E-state index in [1.807, 2.05) is 0 Å². The van der Waals surface area contributed by atoms with Crippen molar-refractivity contribution in [1.82, 2.24) is 9.90 Å². The maximum atomic E-state index is 5.32. The minimum Gasteiger partial charge on any atom is -0.101 e. The van der Waals surface area contributed by atoms with Crippen LogP contribution < -0.4 is 4.68 Å². The Balaban J connectivity index is 2.44. The number of aromatic nitrogens is 3. The van der Waals surface area contributed by atoms with Gasteiger partial charge in [0.2, 0.25) is 0 Å². The van der Waals surface area contributed by atoms with Gasteiger partial charge in [-0.15, -0.1) is 4.68 Å². The predicted molar refractivity (Wildman–Crippen MR) is 140 cm³/mol. The molecule has 0 spiro atoms. The molecule has 0 radical (unpaired) electrons. The van der Waals surface area contributed by atoms with Gasteiger partial charge in [0.25, 0.3) is 0 Å². The topological polar surface area (TPSA) is 21.7 Å². The summed E-state index contributed by atoms with van der Waals surface area (Å²) in [4.78, 5) is 0. The molecule has 3 rings (SSSR count). The van der Waals surface area contributed by atoms with Gasteiger partial charge in [0, 0.05) is 27.7 Å². The Hall–Kier alpha value is -2.42. The lowest BCUT2D eigenvalue weighted by molar-refractivity contribution is -0.672. The fourth-order valence-electron chi connectivity index (χ4n) is 4.66. The molecule has 0 amide bonds. The van der Waals surface area contributed by atoms with Gasteiger partial charge in [-0.2, -0.15) is 0 Å². The van der Waals surface area contributed by atoms with Crippen LogP contribution in [0.3, 0.4) is 0 Å². The van der Waals surface area contributed by atoms with Crippen LogP contribution in [0.15, 0.2) is 42.6 Å². The summed E-state index contributed by atoms with van der Waals surface area (Å²) >= 11 is 0. The molecule has 3 heteroatoms. The van der Waals surface area contributed by atoms with Gasteiger partial charge < -0.3 is 0 Å². The van der Waals surface area contributed by atoms with Crippen LogP contribution in [-0.2, 0) is 5.41 Å². The van der Waals surface area contributed by atoms with Crippen LogP contribution in [0, 0.1) is 0 Å². The molecule has 0 aliphatic rings. The number of benzene rings is 2. The molecular formula is C30H44N3+. The van der Waals surface area contributed by atoms with Gasteiger partial charge in [0.05, 0.1) is 0 Å². The normalized spacial score (nSPS) is 12.6. The molecule has 2 aromatic carbocycles. The largest absolute Gasteiger partial charge is 0.180 e. The molecule has 3 nitrogen and oxygen atoms in total. The Labute approximate surface area is 201 Å². The number of nitrogens with zero attached hydrogens (tertiary/aromatic N) is 3. The highest BCUT2D eigenvalue weighted by Gasteiger charge is 2.34. The molecule has 0 aliphatic heterocycles. The zero-order valence-corrected chi connectivity index (χ0v) is 22.7. The van der Waals surface area contributed by atoms with E-state index in [9.17, 15) is 0 Å². The van der Waals surface area contributed by atoms with E-state index >= 15 is 0 Å². The number of hydrogen-bond donors (Lipinski definition) is 0. The maximum Gasteiger partial charge on any atom is 0.180 e. The van der Waals surface area contributed by atoms with Crippen molar-refractivity contribution in [2.24, 2.45) is 0 Å². The molecular weight excluding hydrogens is 402 g/mol. The van der Waals surface area contributed by atoms with Gasteiger partial charge in [-0.1, -0.05) is 117 Å². The average molecular weight is 447 g/mol. The molecule has 0 bridgehead atoms. The fourth-order valence-corrected chi connectivity index (χ4v) is 4.66. The second-order valence-corrected chi connectivity index (χ2v) is 11.7. The van der Waals surface area contributed by atoms with Crippen molar-refractivity contribution in [3.8, 4) is 11.4 Å². The molecule has 1 aromatic heterocycles. The third-order valence-electron chi connectivity index (χ3n) is 6.55. The lowest BCUT2D eigenvalue weighted by atomic mass is 9.89. The first-order valence-electron chi connectivity index (χ1n) is 12.6. The van der Waals surface area contributed by atoms with E-state index in [1.165, 1.54) is 39.3 Å². The summed E-state index contributed by atoms with van der Waals surface area (Å²) in [6.45, 7) is 25.1. The van der Waals surface area contributed by atoms with Gasteiger partial charge in [-0.3, -0.25) is 0 Å². The molecule has 0 saturated heterocycles. The SMILES string of the molecule is CC(C)c1cccc(C(C)C)c1-n1cc(C(C)(C)C)[n+](-c2c(C(C)C)cccc2C(C)C)n1. The molecule has 1 heterocycles. The Bertz CT molecular complexity index is 1060. The third kappa shape index (κ3) is 4.93. The Morgan fingerprint density at radius 1 is 0.667 bits per heavy atom. The second-order valence-electron chi connectivity index (χ2n) is 11.7. The second kappa shape index (κ2) is 9.44. The summed E-state index contributed by atoms with van der Waals surface area (Å²) in [5.41, 5.74) is 9.05. The van der Waals surface area contributed by atoms with E-state index in [0.29, 0.717) is 23.7 Å². The molecule has 33 heavy (non-hydrogen) atoms.